The van der Waals surface area contributed by atoms with E-state index in [9.17, 15) is 18.8 Å². The zero-order valence-electron chi connectivity index (χ0n) is 28.8. The molecule has 0 radical (unpaired) electrons. The number of likely N-dealkylation sites (tertiary alicyclic amines) is 1. The van der Waals surface area contributed by atoms with Crippen molar-refractivity contribution in [1.29, 1.82) is 0 Å². The maximum Gasteiger partial charge on any atom is 0.374 e. The molecule has 4 aliphatic rings. The third-order valence-corrected chi connectivity index (χ3v) is 11.5. The molecule has 6 rings (SSSR count). The lowest BCUT2D eigenvalue weighted by Gasteiger charge is -2.37. The van der Waals surface area contributed by atoms with Gasteiger partial charge in [0.1, 0.15) is 18.3 Å². The van der Waals surface area contributed by atoms with Crippen molar-refractivity contribution >= 4 is 34.4 Å². The van der Waals surface area contributed by atoms with Gasteiger partial charge in [-0.1, -0.05) is 0 Å². The fourth-order valence-corrected chi connectivity index (χ4v) is 8.59. The molecule has 3 atom stereocenters. The van der Waals surface area contributed by atoms with Crippen LogP contribution in [0.15, 0.2) is 28.7 Å². The van der Waals surface area contributed by atoms with E-state index in [1.54, 1.807) is 31.4 Å². The molecule has 3 N–H and O–H groups in total. The number of hydrogen-bond acceptors (Lipinski definition) is 9. The van der Waals surface area contributed by atoms with Gasteiger partial charge in [-0.25, -0.2) is 9.18 Å². The molecule has 2 saturated carbocycles. The van der Waals surface area contributed by atoms with E-state index in [-0.39, 0.29) is 41.4 Å². The molecule has 49 heavy (non-hydrogen) atoms. The Bertz CT molecular complexity index is 1410. The highest BCUT2D eigenvalue weighted by Crippen LogP contribution is 2.42. The van der Waals surface area contributed by atoms with Crippen LogP contribution >= 0.6 is 0 Å². The van der Waals surface area contributed by atoms with Crippen LogP contribution in [0.25, 0.3) is 11.0 Å². The molecule has 2 aliphatic carbocycles. The third kappa shape index (κ3) is 8.64. The van der Waals surface area contributed by atoms with Crippen LogP contribution in [0, 0.1) is 23.7 Å². The second-order valence-corrected chi connectivity index (χ2v) is 14.4. The van der Waals surface area contributed by atoms with Crippen LogP contribution in [0.1, 0.15) is 74.8 Å². The number of methoxy groups -OCH3 is 1. The highest BCUT2D eigenvalue weighted by molar-refractivity contribution is 6.00. The molecule has 2 aromatic rings. The third-order valence-electron chi connectivity index (χ3n) is 11.5. The summed E-state index contributed by atoms with van der Waals surface area (Å²) in [5, 5.41) is 3.78. The van der Waals surface area contributed by atoms with Crippen LogP contribution in [0.3, 0.4) is 0 Å². The average molecular weight is 685 g/mol. The van der Waals surface area contributed by atoms with E-state index in [0.29, 0.717) is 48.6 Å². The van der Waals surface area contributed by atoms with E-state index >= 15 is 0 Å². The number of anilines is 1. The minimum absolute atomic E-state index is 0.0267. The van der Waals surface area contributed by atoms with E-state index in [1.165, 1.54) is 0 Å². The SMILES string of the molecule is COC1CCC([C@@H]2CCN(C(=O)C3CCC([C@H](N)CF)CC3)[C@@H]2C(=O)Nc2ccc3oc(C(=O)OCCCN4CCOCC4)cc3c2)CC1. The zero-order chi connectivity index (χ0) is 34.3. The van der Waals surface area contributed by atoms with E-state index in [2.05, 4.69) is 10.2 Å². The van der Waals surface area contributed by atoms with Crippen molar-refractivity contribution in [2.45, 2.75) is 82.4 Å². The lowest BCUT2D eigenvalue weighted by atomic mass is 9.75. The number of fused-ring (bicyclic) bond motifs is 1. The standard InChI is InChI=1S/C37H53FN4O7/c1-46-29-10-7-24(8-11-29)30-13-15-42(36(44)26-5-3-25(4-6-26)31(39)23-38)34(30)35(43)40-28-9-12-32-27(21-28)22-33(49-32)37(45)48-18-2-14-41-16-19-47-20-17-41/h9,12,21-22,24-26,29-31,34H,2-8,10-11,13-20,23,39H2,1H3,(H,40,43)/t24?,25?,26?,29?,30-,31+,34-/m0/s1. The molecule has 2 saturated heterocycles. The van der Waals surface area contributed by atoms with Gasteiger partial charge in [-0.15, -0.1) is 0 Å². The minimum atomic E-state index is -0.578. The van der Waals surface area contributed by atoms with Crippen molar-refractivity contribution in [3.63, 3.8) is 0 Å². The van der Waals surface area contributed by atoms with Gasteiger partial charge in [-0.2, -0.15) is 0 Å². The van der Waals surface area contributed by atoms with Gasteiger partial charge in [0.25, 0.3) is 0 Å². The van der Waals surface area contributed by atoms with Gasteiger partial charge in [0.05, 0.1) is 25.9 Å². The van der Waals surface area contributed by atoms with Crippen LogP contribution in [0.2, 0.25) is 0 Å². The first-order chi connectivity index (χ1) is 23.8. The summed E-state index contributed by atoms with van der Waals surface area (Å²) in [7, 11) is 1.75. The van der Waals surface area contributed by atoms with Crippen molar-refractivity contribution in [2.75, 3.05) is 65.1 Å². The lowest BCUT2D eigenvalue weighted by molar-refractivity contribution is -0.142. The number of hydrogen-bond donors (Lipinski definition) is 2. The number of esters is 1. The number of nitrogens with one attached hydrogen (secondary N) is 1. The Morgan fingerprint density at radius 2 is 1.76 bits per heavy atom. The lowest BCUT2D eigenvalue weighted by Crippen LogP contribution is -2.50. The number of rotatable bonds is 12. The van der Waals surface area contributed by atoms with Crippen molar-refractivity contribution in [3.8, 4) is 0 Å². The average Bonchev–Trinajstić information content (AvgIpc) is 3.78. The summed E-state index contributed by atoms with van der Waals surface area (Å²) in [5.74, 6) is -0.268. The number of nitrogens with two attached hydrogens (primary N) is 1. The van der Waals surface area contributed by atoms with Crippen LogP contribution in [-0.4, -0.2) is 106 Å². The quantitative estimate of drug-likeness (QED) is 0.239. The molecular weight excluding hydrogens is 631 g/mol. The number of morpholine rings is 1. The highest BCUT2D eigenvalue weighted by atomic mass is 19.1. The van der Waals surface area contributed by atoms with Gasteiger partial charge in [-0.3, -0.25) is 14.5 Å². The summed E-state index contributed by atoms with van der Waals surface area (Å²) in [4.78, 5) is 45.0. The molecule has 1 aromatic heterocycles. The molecule has 12 heteroatoms. The number of ether oxygens (including phenoxy) is 3. The summed E-state index contributed by atoms with van der Waals surface area (Å²) in [5.41, 5.74) is 7.08. The summed E-state index contributed by atoms with van der Waals surface area (Å²) >= 11 is 0. The normalized spacial score (nSPS) is 28.8. The Hall–Kier alpha value is -3.06. The number of halogens is 1. The molecule has 1 aromatic carbocycles. The largest absolute Gasteiger partial charge is 0.460 e. The van der Waals surface area contributed by atoms with Crippen molar-refractivity contribution in [2.24, 2.45) is 29.4 Å². The predicted octanol–water partition coefficient (Wildman–Crippen LogP) is 4.78. The van der Waals surface area contributed by atoms with Crippen LogP contribution < -0.4 is 11.1 Å². The van der Waals surface area contributed by atoms with Crippen LogP contribution in [-0.2, 0) is 23.8 Å². The summed E-state index contributed by atoms with van der Waals surface area (Å²) in [6, 6.07) is 5.88. The smallest absolute Gasteiger partial charge is 0.374 e. The van der Waals surface area contributed by atoms with Crippen molar-refractivity contribution < 1.29 is 37.4 Å². The van der Waals surface area contributed by atoms with E-state index in [1.807, 2.05) is 4.90 Å². The Morgan fingerprint density at radius 1 is 1.00 bits per heavy atom. The van der Waals surface area contributed by atoms with E-state index in [0.717, 1.165) is 84.2 Å². The Balaban J connectivity index is 1.11. The monoisotopic (exact) mass is 684 g/mol. The molecule has 0 unspecified atom stereocenters. The van der Waals surface area contributed by atoms with Gasteiger partial charge < -0.3 is 34.6 Å². The number of nitrogens with zero attached hydrogens (tertiary/aromatic N) is 2. The summed E-state index contributed by atoms with van der Waals surface area (Å²) in [6.45, 7) is 4.39. The van der Waals surface area contributed by atoms with Gasteiger partial charge in [0.15, 0.2) is 0 Å². The maximum absolute atomic E-state index is 14.2. The topological polar surface area (TPSA) is 137 Å². The first-order valence-electron chi connectivity index (χ1n) is 18.3. The highest BCUT2D eigenvalue weighted by Gasteiger charge is 2.47. The number of furan rings is 1. The van der Waals surface area contributed by atoms with Gasteiger partial charge >= 0.3 is 5.97 Å². The molecule has 11 nitrogen and oxygen atoms in total. The molecule has 4 fully saturated rings. The summed E-state index contributed by atoms with van der Waals surface area (Å²) in [6.07, 6.45) is 8.39. The first kappa shape index (κ1) is 35.8. The number of alkyl halides is 1. The van der Waals surface area contributed by atoms with Crippen LogP contribution in [0.4, 0.5) is 10.1 Å². The van der Waals surface area contributed by atoms with Gasteiger partial charge in [-0.05, 0) is 106 Å². The Morgan fingerprint density at radius 3 is 2.47 bits per heavy atom. The Labute approximate surface area is 288 Å². The molecule has 2 amide bonds. The van der Waals surface area contributed by atoms with Gasteiger partial charge in [0.2, 0.25) is 17.6 Å². The number of carbonyl (C=O) groups excluding carboxylic acids is 3. The molecule has 270 valence electrons. The van der Waals surface area contributed by atoms with E-state index in [4.69, 9.17) is 24.4 Å². The first-order valence-corrected chi connectivity index (χ1v) is 18.3. The van der Waals surface area contributed by atoms with E-state index < -0.39 is 24.7 Å². The fraction of sp³-hybridized carbons (Fsp3) is 0.703. The van der Waals surface area contributed by atoms with Crippen molar-refractivity contribution in [1.82, 2.24) is 9.80 Å². The minimum Gasteiger partial charge on any atom is -0.460 e. The number of benzene rings is 1. The molecular formula is C37H53FN4O7. The number of carbonyl (C=O) groups is 3. The summed E-state index contributed by atoms with van der Waals surface area (Å²) < 4.78 is 35.5. The predicted molar refractivity (Wildman–Crippen MR) is 183 cm³/mol. The maximum atomic E-state index is 14.2. The zero-order valence-corrected chi connectivity index (χ0v) is 28.8. The Kier molecular flexibility index (Phi) is 12.2. The van der Waals surface area contributed by atoms with Gasteiger partial charge in [0, 0.05) is 56.3 Å². The second kappa shape index (κ2) is 16.8. The van der Waals surface area contributed by atoms with Crippen molar-refractivity contribution in [3.05, 3.63) is 30.0 Å². The number of amides is 2. The molecule has 3 heterocycles. The molecule has 0 bridgehead atoms. The second-order valence-electron chi connectivity index (χ2n) is 14.4. The molecule has 0 spiro atoms. The van der Waals surface area contributed by atoms with Crippen LogP contribution in [0.5, 0.6) is 0 Å². The fourth-order valence-electron chi connectivity index (χ4n) is 8.59. The molecule has 2 aliphatic heterocycles.